The van der Waals surface area contributed by atoms with Crippen molar-refractivity contribution < 1.29 is 52.4 Å². The van der Waals surface area contributed by atoms with Crippen molar-refractivity contribution in [2.45, 2.75) is 117 Å². The molecule has 2 fully saturated rings. The summed E-state index contributed by atoms with van der Waals surface area (Å²) >= 11 is 20.9. The van der Waals surface area contributed by atoms with E-state index in [1.54, 1.807) is 0 Å². The van der Waals surface area contributed by atoms with E-state index in [1.807, 2.05) is 212 Å². The Hall–Kier alpha value is -6.90. The first-order valence-corrected chi connectivity index (χ1v) is 35.3. The van der Waals surface area contributed by atoms with Gasteiger partial charge in [0.15, 0.2) is 0 Å². The summed E-state index contributed by atoms with van der Waals surface area (Å²) in [6, 6.07) is 82.4. The minimum absolute atomic E-state index is 0. The second kappa shape index (κ2) is 60.8. The average Bonchev–Trinajstić information content (AvgIpc) is 1.02. The van der Waals surface area contributed by atoms with E-state index in [1.165, 1.54) is 53.5 Å². The molecule has 2 saturated heterocycles. The fourth-order valence-corrected chi connectivity index (χ4v) is 10.0. The predicted molar refractivity (Wildman–Crippen MR) is 440 cm³/mol. The molecule has 2 aliphatic heterocycles. The molecule has 1 unspecified atom stereocenters. The van der Waals surface area contributed by atoms with Gasteiger partial charge in [0.25, 0.3) is 0 Å². The van der Waals surface area contributed by atoms with Crippen molar-refractivity contribution in [3.05, 3.63) is 369 Å². The van der Waals surface area contributed by atoms with Crippen LogP contribution in [-0.2, 0) is 71.5 Å². The van der Waals surface area contributed by atoms with Crippen LogP contribution < -0.4 is 0 Å². The number of terminal acetylenes is 2. The van der Waals surface area contributed by atoms with Crippen molar-refractivity contribution in [2.75, 3.05) is 31.5 Å². The van der Waals surface area contributed by atoms with Crippen molar-refractivity contribution in [1.29, 1.82) is 0 Å². The molecule has 11 rings (SSSR count). The van der Waals surface area contributed by atoms with Crippen LogP contribution in [0.15, 0.2) is 249 Å². The number of alkyl halides is 2. The normalized spacial score (nSPS) is 11.2. The summed E-state index contributed by atoms with van der Waals surface area (Å²) in [4.78, 5) is 5.85. The van der Waals surface area contributed by atoms with Gasteiger partial charge in [-0.3, -0.25) is 0 Å². The van der Waals surface area contributed by atoms with Gasteiger partial charge >= 0.3 is 26.2 Å². The van der Waals surface area contributed by atoms with Crippen LogP contribution in [0.25, 0.3) is 5.32 Å². The Morgan fingerprint density at radius 1 is 0.410 bits per heavy atom. The van der Waals surface area contributed by atoms with Gasteiger partial charge in [0.05, 0.1) is 10.3 Å². The van der Waals surface area contributed by atoms with Gasteiger partial charge in [0.2, 0.25) is 0 Å². The molecule has 0 bridgehead atoms. The molecule has 0 spiro atoms. The number of rotatable bonds is 9. The Kier molecular flexibility index (Phi) is 57.9. The van der Waals surface area contributed by atoms with Gasteiger partial charge in [0.1, 0.15) is 0 Å². The van der Waals surface area contributed by atoms with Gasteiger partial charge in [-0.15, -0.1) is 127 Å². The SMILES string of the molecule is C#CC#CC#C.CC(C)c1cccc(C(C)C)c1CC(=S)N1CCCC1.CC(C)c1cccc(C(C)C)c1[N-]C([S-])N1CCCC1.ClCCl.[CH2-]c1ccccc1.[CH2-]c1ccccc1.[CH2-]c1ccccc1.[CH2-]c1ccccc1.[CH2-]c1ccccc1.[CH2-]c1ccccc1.[CH2-]c1ccccc1.[Zr+4].[Zr]. The smallest absolute Gasteiger partial charge is 0.793 e. The first-order valence-electron chi connectivity index (χ1n) is 33.3. The van der Waals surface area contributed by atoms with Gasteiger partial charge in [-0.25, -0.2) is 0 Å². The summed E-state index contributed by atoms with van der Waals surface area (Å²) in [6.07, 6.45) is 15.4. The molecule has 0 N–H and O–H groups in total. The van der Waals surface area contributed by atoms with Gasteiger partial charge in [-0.05, 0) is 103 Å². The van der Waals surface area contributed by atoms with Crippen LogP contribution in [0.5, 0.6) is 0 Å². The van der Waals surface area contributed by atoms with E-state index in [-0.39, 0.29) is 63.2 Å². The molecule has 9 aromatic carbocycles. The number of nitrogens with zero attached hydrogens (tertiary/aromatic N) is 3. The number of hydrogen-bond donors (Lipinski definition) is 0. The minimum Gasteiger partial charge on any atom is -0.793 e. The molecule has 100 heavy (non-hydrogen) atoms. The van der Waals surface area contributed by atoms with Crippen LogP contribution in [0.2, 0.25) is 0 Å². The fraction of sp³-hybridized carbons (Fsp3) is 0.253. The second-order valence-electron chi connectivity index (χ2n) is 23.8. The third-order valence-electron chi connectivity index (χ3n) is 14.4. The first kappa shape index (κ1) is 95.2. The number of likely N-dealkylation sites (tertiary alicyclic amines) is 2. The molecule has 0 saturated carbocycles. The fourth-order valence-electron chi connectivity index (χ4n) is 9.37. The van der Waals surface area contributed by atoms with Crippen LogP contribution in [-0.4, -0.2) is 51.8 Å². The summed E-state index contributed by atoms with van der Waals surface area (Å²) in [5, 5.41) is 5.12. The van der Waals surface area contributed by atoms with Crippen LogP contribution in [0.1, 0.15) is 172 Å². The monoisotopic (exact) mass is 1550 g/mol. The Morgan fingerprint density at radius 2 is 0.630 bits per heavy atom. The third-order valence-corrected chi connectivity index (χ3v) is 15.2. The molecule has 3 nitrogen and oxygen atoms in total. The Labute approximate surface area is 668 Å². The largest absolute Gasteiger partial charge is 4.00 e. The van der Waals surface area contributed by atoms with Gasteiger partial charge < -0.3 is 27.7 Å². The molecule has 524 valence electrons. The number of hydrogen-bond acceptors (Lipinski definition) is 3. The first-order chi connectivity index (χ1) is 47.1. The standard InChI is InChI=1S/C18H27NS.C17H27N2S.7C7H7.C6H2.CH2Cl2.2Zr/c1-13(2)15-8-7-9-16(14(3)4)17(15)12-18(20)19-10-5-6-11-19;1-12(2)14-8-7-9-15(13(3)4)16(14)18-17(20)19-10-5-6-11-19;7*1-7-5-3-2-4-6-7;1-3-5-6-4-2;2-1-3;;/h7-9,13-14H,5-6,10-12H2,1-4H3;7-9,12-13,17,20H,5-6,10-11H2,1-4H3;7*2-6H,1H2;1-2H;1H2;;/q;8*-1;;;;+4/p-1. The molecule has 0 aromatic heterocycles. The van der Waals surface area contributed by atoms with E-state index in [9.17, 15) is 0 Å². The molecule has 2 heterocycles. The Bertz CT molecular complexity index is 3120. The quantitative estimate of drug-likeness (QED) is 0.0472. The van der Waals surface area contributed by atoms with Crippen LogP contribution in [0.4, 0.5) is 5.69 Å². The van der Waals surface area contributed by atoms with E-state index in [0.717, 1.165) is 82.2 Å². The van der Waals surface area contributed by atoms with Crippen molar-refractivity contribution in [3.63, 3.8) is 0 Å². The van der Waals surface area contributed by atoms with Crippen LogP contribution >= 0.6 is 35.4 Å². The molecule has 0 aliphatic carbocycles. The van der Waals surface area contributed by atoms with Crippen LogP contribution in [0, 0.1) is 85.0 Å². The number of benzene rings is 9. The van der Waals surface area contributed by atoms with E-state index >= 15 is 0 Å². The zero-order chi connectivity index (χ0) is 72.7. The zero-order valence-electron chi connectivity index (χ0n) is 60.6. The maximum Gasteiger partial charge on any atom is 4.00 e. The van der Waals surface area contributed by atoms with Crippen LogP contribution in [0.3, 0.4) is 0 Å². The number of thiocarbonyl (C=S) groups is 1. The molecule has 0 radical (unpaired) electrons. The molecule has 1 atom stereocenters. The average molecular weight is 1560 g/mol. The van der Waals surface area contributed by atoms with Crippen molar-refractivity contribution in [2.24, 2.45) is 0 Å². The summed E-state index contributed by atoms with van der Waals surface area (Å²) in [5.41, 5.74) is 15.6. The Balaban J connectivity index is 0. The van der Waals surface area contributed by atoms with Crippen molar-refractivity contribution in [3.8, 4) is 36.5 Å². The zero-order valence-corrected chi connectivity index (χ0v) is 68.7. The topological polar surface area (TPSA) is 20.6 Å². The third kappa shape index (κ3) is 46.5. The summed E-state index contributed by atoms with van der Waals surface area (Å²) in [7, 11) is 0. The molecular weight excluding hydrogens is 1450 g/mol. The summed E-state index contributed by atoms with van der Waals surface area (Å²) < 4.78 is 0. The second-order valence-corrected chi connectivity index (χ2v) is 25.5. The maximum atomic E-state index is 5.71. The predicted octanol–water partition coefficient (Wildman–Crippen LogP) is 24.5. The molecule has 9 heteroatoms. The number of para-hydroxylation sites is 1. The minimum atomic E-state index is -0.116. The van der Waals surface area contributed by atoms with Crippen molar-refractivity contribution >= 4 is 58.7 Å². The van der Waals surface area contributed by atoms with Crippen molar-refractivity contribution in [1.82, 2.24) is 9.80 Å². The van der Waals surface area contributed by atoms with Gasteiger partial charge in [-0.1, -0.05) is 158 Å². The molecular formula is C91H106Cl2N3S2Zr2-5. The molecule has 0 amide bonds. The molecule has 2 aliphatic rings. The summed E-state index contributed by atoms with van der Waals surface area (Å²) in [5.74, 6) is 10.7. The van der Waals surface area contributed by atoms with E-state index in [2.05, 4.69) is 174 Å². The summed E-state index contributed by atoms with van der Waals surface area (Å²) in [6.45, 7) is 48.6. The van der Waals surface area contributed by atoms with E-state index in [0.29, 0.717) is 23.7 Å². The van der Waals surface area contributed by atoms with E-state index in [4.69, 9.17) is 66.2 Å². The van der Waals surface area contributed by atoms with Gasteiger partial charge in [0, 0.05) is 45.7 Å². The molecule has 9 aromatic rings. The number of halogens is 2. The van der Waals surface area contributed by atoms with Gasteiger partial charge in [-0.2, -0.15) is 178 Å². The maximum absolute atomic E-state index is 5.71. The van der Waals surface area contributed by atoms with E-state index < -0.39 is 0 Å². The Morgan fingerprint density at radius 3 is 0.830 bits per heavy atom.